The molecular weight excluding hydrogens is 258 g/mol. The van der Waals surface area contributed by atoms with Gasteiger partial charge in [0, 0.05) is 32.9 Å². The van der Waals surface area contributed by atoms with Crippen molar-refractivity contribution in [2.45, 2.75) is 26.5 Å². The summed E-state index contributed by atoms with van der Waals surface area (Å²) in [5.41, 5.74) is 1.70. The first-order valence-corrected chi connectivity index (χ1v) is 6.63. The molecule has 0 aliphatic heterocycles. The predicted molar refractivity (Wildman–Crippen MR) is 76.7 cm³/mol. The molecule has 20 heavy (non-hydrogen) atoms. The van der Waals surface area contributed by atoms with Gasteiger partial charge in [-0.05, 0) is 26.0 Å². The number of methoxy groups -OCH3 is 1. The van der Waals surface area contributed by atoms with Crippen LogP contribution in [0.2, 0.25) is 0 Å². The Morgan fingerprint density at radius 1 is 1.45 bits per heavy atom. The monoisotopic (exact) mass is 281 g/mol. The number of amides is 1. The minimum atomic E-state index is -0.553. The Labute approximate surface area is 119 Å². The zero-order valence-electron chi connectivity index (χ0n) is 12.5. The van der Waals surface area contributed by atoms with Crippen molar-refractivity contribution in [1.29, 1.82) is 0 Å². The average Bonchev–Trinajstić information content (AvgIpc) is 2.45. The number of pyridine rings is 1. The summed E-state index contributed by atoms with van der Waals surface area (Å²) in [6.45, 7) is 5.57. The first-order valence-electron chi connectivity index (χ1n) is 6.63. The molecule has 0 fully saturated rings. The summed E-state index contributed by atoms with van der Waals surface area (Å²) in [6.07, 6.45) is -0.553. The highest BCUT2D eigenvalue weighted by molar-refractivity contribution is 5.80. The minimum absolute atomic E-state index is 0.163. The lowest BCUT2D eigenvalue weighted by atomic mass is 10.2. The Bertz CT molecular complexity index is 438. The number of carbonyl (C=O) groups excluding carboxylic acids is 1. The van der Waals surface area contributed by atoms with E-state index < -0.39 is 6.10 Å². The second-order valence-electron chi connectivity index (χ2n) is 4.44. The first-order chi connectivity index (χ1) is 9.58. The fraction of sp³-hybridized carbons (Fsp3) is 0.571. The molecule has 1 aromatic rings. The van der Waals surface area contributed by atoms with Crippen molar-refractivity contribution in [2.24, 2.45) is 0 Å². The largest absolute Gasteiger partial charge is 0.479 e. The summed E-state index contributed by atoms with van der Waals surface area (Å²) in [5, 5.41) is 5.78. The predicted octanol–water partition coefficient (Wildman–Crippen LogP) is 0.639. The van der Waals surface area contributed by atoms with Gasteiger partial charge in [-0.15, -0.1) is 0 Å². The number of likely N-dealkylation sites (N-methyl/N-ethyl adjacent to an activating group) is 1. The van der Waals surface area contributed by atoms with Crippen molar-refractivity contribution >= 4 is 5.91 Å². The topological polar surface area (TPSA) is 72.5 Å². The molecule has 0 radical (unpaired) electrons. The van der Waals surface area contributed by atoms with Crippen molar-refractivity contribution in [3.63, 3.8) is 0 Å². The quantitative estimate of drug-likeness (QED) is 0.684. The molecule has 1 aromatic heterocycles. The second kappa shape index (κ2) is 8.50. The average molecular weight is 281 g/mol. The number of nitrogens with one attached hydrogen (secondary N) is 2. The maximum atomic E-state index is 11.5. The Morgan fingerprint density at radius 3 is 2.85 bits per heavy atom. The van der Waals surface area contributed by atoms with E-state index >= 15 is 0 Å². The van der Waals surface area contributed by atoms with Crippen molar-refractivity contribution in [2.75, 3.05) is 27.3 Å². The molecule has 2 N–H and O–H groups in total. The SMILES string of the molecule is CNC(=O)C(C)Oc1ccc(C)nc1CNCCOC. The summed E-state index contributed by atoms with van der Waals surface area (Å²) in [7, 11) is 3.25. The molecule has 0 aliphatic rings. The second-order valence-corrected chi connectivity index (χ2v) is 4.44. The third-order valence-electron chi connectivity index (χ3n) is 2.77. The van der Waals surface area contributed by atoms with E-state index in [1.165, 1.54) is 0 Å². The van der Waals surface area contributed by atoms with Gasteiger partial charge >= 0.3 is 0 Å². The normalized spacial score (nSPS) is 12.0. The lowest BCUT2D eigenvalue weighted by Gasteiger charge is -2.16. The Kier molecular flexibility index (Phi) is 6.97. The van der Waals surface area contributed by atoms with Gasteiger partial charge in [0.1, 0.15) is 5.75 Å². The van der Waals surface area contributed by atoms with Crippen LogP contribution in [-0.2, 0) is 16.1 Å². The third kappa shape index (κ3) is 5.14. The van der Waals surface area contributed by atoms with Crippen molar-refractivity contribution in [3.05, 3.63) is 23.5 Å². The van der Waals surface area contributed by atoms with E-state index in [0.29, 0.717) is 18.9 Å². The van der Waals surface area contributed by atoms with Crippen LogP contribution in [0.3, 0.4) is 0 Å². The number of hydrogen-bond donors (Lipinski definition) is 2. The number of hydrogen-bond acceptors (Lipinski definition) is 5. The lowest BCUT2D eigenvalue weighted by molar-refractivity contribution is -0.126. The molecule has 1 heterocycles. The standard InChI is InChI=1S/C14H23N3O3/c1-10-5-6-13(20-11(2)14(18)15-3)12(17-10)9-16-7-8-19-4/h5-6,11,16H,7-9H2,1-4H3,(H,15,18). The number of carbonyl (C=O) groups is 1. The van der Waals surface area contributed by atoms with E-state index in [9.17, 15) is 4.79 Å². The smallest absolute Gasteiger partial charge is 0.260 e. The summed E-state index contributed by atoms with van der Waals surface area (Å²) in [5.74, 6) is 0.459. The molecular formula is C14H23N3O3. The molecule has 6 nitrogen and oxygen atoms in total. The zero-order valence-corrected chi connectivity index (χ0v) is 12.5. The highest BCUT2D eigenvalue weighted by Crippen LogP contribution is 2.18. The maximum absolute atomic E-state index is 11.5. The number of aryl methyl sites for hydroxylation is 1. The van der Waals surface area contributed by atoms with Crippen LogP contribution in [0.15, 0.2) is 12.1 Å². The zero-order chi connectivity index (χ0) is 15.0. The van der Waals surface area contributed by atoms with Gasteiger partial charge in [-0.1, -0.05) is 0 Å². The fourth-order valence-electron chi connectivity index (χ4n) is 1.66. The number of rotatable bonds is 8. The molecule has 6 heteroatoms. The van der Waals surface area contributed by atoms with Gasteiger partial charge in [-0.2, -0.15) is 0 Å². The minimum Gasteiger partial charge on any atom is -0.479 e. The molecule has 1 amide bonds. The molecule has 0 saturated heterocycles. The molecule has 0 bridgehead atoms. The summed E-state index contributed by atoms with van der Waals surface area (Å²) in [4.78, 5) is 16.0. The Morgan fingerprint density at radius 2 is 2.20 bits per heavy atom. The lowest BCUT2D eigenvalue weighted by Crippen LogP contribution is -2.34. The molecule has 0 aromatic carbocycles. The van der Waals surface area contributed by atoms with Crippen LogP contribution in [0.1, 0.15) is 18.3 Å². The molecule has 1 atom stereocenters. The van der Waals surface area contributed by atoms with Crippen LogP contribution in [-0.4, -0.2) is 44.3 Å². The highest BCUT2D eigenvalue weighted by Gasteiger charge is 2.15. The summed E-state index contributed by atoms with van der Waals surface area (Å²) >= 11 is 0. The van der Waals surface area contributed by atoms with E-state index in [1.807, 2.05) is 19.1 Å². The van der Waals surface area contributed by atoms with Crippen LogP contribution >= 0.6 is 0 Å². The van der Waals surface area contributed by atoms with E-state index in [0.717, 1.165) is 17.9 Å². The Balaban J connectivity index is 2.71. The van der Waals surface area contributed by atoms with Gasteiger partial charge in [-0.3, -0.25) is 9.78 Å². The molecule has 0 saturated carbocycles. The third-order valence-corrected chi connectivity index (χ3v) is 2.77. The van der Waals surface area contributed by atoms with Crippen molar-refractivity contribution in [1.82, 2.24) is 15.6 Å². The number of ether oxygens (including phenoxy) is 2. The van der Waals surface area contributed by atoms with Crippen LogP contribution in [0.25, 0.3) is 0 Å². The van der Waals surface area contributed by atoms with Gasteiger partial charge in [0.05, 0.1) is 12.3 Å². The van der Waals surface area contributed by atoms with Crippen LogP contribution in [0.5, 0.6) is 5.75 Å². The highest BCUT2D eigenvalue weighted by atomic mass is 16.5. The van der Waals surface area contributed by atoms with Gasteiger partial charge in [0.25, 0.3) is 5.91 Å². The van der Waals surface area contributed by atoms with Crippen LogP contribution < -0.4 is 15.4 Å². The number of nitrogens with zero attached hydrogens (tertiary/aromatic N) is 1. The van der Waals surface area contributed by atoms with Crippen LogP contribution in [0.4, 0.5) is 0 Å². The van der Waals surface area contributed by atoms with Gasteiger partial charge in [0.2, 0.25) is 0 Å². The molecule has 1 unspecified atom stereocenters. The van der Waals surface area contributed by atoms with Gasteiger partial charge < -0.3 is 20.1 Å². The van der Waals surface area contributed by atoms with Crippen molar-refractivity contribution in [3.8, 4) is 5.75 Å². The fourth-order valence-corrected chi connectivity index (χ4v) is 1.66. The van der Waals surface area contributed by atoms with E-state index in [2.05, 4.69) is 15.6 Å². The maximum Gasteiger partial charge on any atom is 0.260 e. The molecule has 0 spiro atoms. The van der Waals surface area contributed by atoms with Crippen LogP contribution in [0, 0.1) is 6.92 Å². The summed E-state index contributed by atoms with van der Waals surface area (Å²) < 4.78 is 10.6. The Hall–Kier alpha value is -1.66. The molecule has 112 valence electrons. The van der Waals surface area contributed by atoms with E-state index in [-0.39, 0.29) is 5.91 Å². The molecule has 0 aliphatic carbocycles. The van der Waals surface area contributed by atoms with E-state index in [4.69, 9.17) is 9.47 Å². The molecule has 1 rings (SSSR count). The summed E-state index contributed by atoms with van der Waals surface area (Å²) in [6, 6.07) is 3.71. The van der Waals surface area contributed by atoms with E-state index in [1.54, 1.807) is 21.1 Å². The number of aromatic nitrogens is 1. The van der Waals surface area contributed by atoms with Crippen molar-refractivity contribution < 1.29 is 14.3 Å². The first kappa shape index (κ1) is 16.4. The van der Waals surface area contributed by atoms with Gasteiger partial charge in [-0.25, -0.2) is 0 Å². The van der Waals surface area contributed by atoms with Gasteiger partial charge in [0.15, 0.2) is 6.10 Å².